The first kappa shape index (κ1) is 21.8. The number of anilines is 1. The standard InChI is InChI=1S/C22H28FN3O4/c1-3-25(4-2)22(28)16-30-21-15-29-19(13-20(21)27)14-24-9-11-26(12-10-24)18-7-5-17(23)6-8-18/h5-8,13,15H,3-4,9-12,14,16H2,1-2H3/p+1. The lowest BCUT2D eigenvalue weighted by Crippen LogP contribution is -3.13. The van der Waals surface area contributed by atoms with Gasteiger partial charge in [-0.2, -0.15) is 0 Å². The third-order valence-electron chi connectivity index (χ3n) is 5.41. The molecule has 0 bridgehead atoms. The second kappa shape index (κ2) is 10.2. The highest BCUT2D eigenvalue weighted by Gasteiger charge is 2.22. The Balaban J connectivity index is 1.50. The lowest BCUT2D eigenvalue weighted by atomic mass is 10.2. The fourth-order valence-electron chi connectivity index (χ4n) is 3.60. The lowest BCUT2D eigenvalue weighted by molar-refractivity contribution is -0.915. The molecule has 1 N–H and O–H groups in total. The number of ether oxygens (including phenoxy) is 1. The van der Waals surface area contributed by atoms with E-state index in [1.54, 1.807) is 17.0 Å². The number of carbonyl (C=O) groups excluding carboxylic acids is 1. The van der Waals surface area contributed by atoms with Gasteiger partial charge in [0.15, 0.2) is 12.4 Å². The average molecular weight is 418 g/mol. The van der Waals surface area contributed by atoms with Gasteiger partial charge in [-0.3, -0.25) is 9.59 Å². The summed E-state index contributed by atoms with van der Waals surface area (Å²) in [5, 5.41) is 0. The molecule has 0 atom stereocenters. The number of hydrogen-bond donors (Lipinski definition) is 1. The Bertz CT molecular complexity index is 888. The molecule has 8 heteroatoms. The Hall–Kier alpha value is -2.87. The smallest absolute Gasteiger partial charge is 0.260 e. The van der Waals surface area contributed by atoms with Gasteiger partial charge in [0.2, 0.25) is 11.2 Å². The number of hydrogen-bond acceptors (Lipinski definition) is 5. The summed E-state index contributed by atoms with van der Waals surface area (Å²) in [4.78, 5) is 29.5. The molecule has 1 aliphatic rings. The van der Waals surface area contributed by atoms with E-state index in [1.807, 2.05) is 13.8 Å². The molecular weight excluding hydrogens is 389 g/mol. The predicted molar refractivity (Wildman–Crippen MR) is 111 cm³/mol. The summed E-state index contributed by atoms with van der Waals surface area (Å²) in [6, 6.07) is 7.98. The SMILES string of the molecule is CCN(CC)C(=O)COc1coc(C[NH+]2CCN(c3ccc(F)cc3)CC2)cc1=O. The quantitative estimate of drug-likeness (QED) is 0.691. The van der Waals surface area contributed by atoms with Crippen LogP contribution in [0.5, 0.6) is 5.75 Å². The minimum atomic E-state index is -0.284. The molecule has 0 saturated carbocycles. The fourth-order valence-corrected chi connectivity index (χ4v) is 3.60. The van der Waals surface area contributed by atoms with Crippen molar-refractivity contribution in [2.45, 2.75) is 20.4 Å². The number of amides is 1. The molecule has 1 saturated heterocycles. The zero-order valence-electron chi connectivity index (χ0n) is 17.5. The number of nitrogens with one attached hydrogen (secondary N) is 1. The summed E-state index contributed by atoms with van der Waals surface area (Å²) in [7, 11) is 0. The van der Waals surface area contributed by atoms with E-state index in [9.17, 15) is 14.0 Å². The van der Waals surface area contributed by atoms with Crippen molar-refractivity contribution in [2.24, 2.45) is 0 Å². The largest absolute Gasteiger partial charge is 0.477 e. The van der Waals surface area contributed by atoms with Crippen molar-refractivity contribution in [3.8, 4) is 5.75 Å². The van der Waals surface area contributed by atoms with E-state index < -0.39 is 0 Å². The summed E-state index contributed by atoms with van der Waals surface area (Å²) < 4.78 is 24.0. The van der Waals surface area contributed by atoms with Crippen LogP contribution in [0, 0.1) is 5.82 Å². The molecule has 7 nitrogen and oxygen atoms in total. The summed E-state index contributed by atoms with van der Waals surface area (Å²) in [6.07, 6.45) is 1.29. The maximum absolute atomic E-state index is 13.1. The first-order chi connectivity index (χ1) is 14.5. The Morgan fingerprint density at radius 2 is 1.87 bits per heavy atom. The number of nitrogens with zero attached hydrogens (tertiary/aromatic N) is 2. The van der Waals surface area contributed by atoms with Crippen molar-refractivity contribution >= 4 is 11.6 Å². The minimum absolute atomic E-state index is 0.0513. The van der Waals surface area contributed by atoms with E-state index in [0.29, 0.717) is 25.4 Å². The number of likely N-dealkylation sites (N-methyl/N-ethyl adjacent to an activating group) is 1. The number of quaternary nitrogens is 1. The molecule has 3 rings (SSSR count). The van der Waals surface area contributed by atoms with Crippen LogP contribution in [-0.4, -0.2) is 56.7 Å². The third-order valence-corrected chi connectivity index (χ3v) is 5.41. The molecule has 30 heavy (non-hydrogen) atoms. The van der Waals surface area contributed by atoms with Crippen LogP contribution in [0.3, 0.4) is 0 Å². The Morgan fingerprint density at radius 3 is 2.47 bits per heavy atom. The zero-order chi connectivity index (χ0) is 21.5. The Morgan fingerprint density at radius 1 is 1.20 bits per heavy atom. The first-order valence-corrected chi connectivity index (χ1v) is 10.4. The maximum atomic E-state index is 13.1. The summed E-state index contributed by atoms with van der Waals surface area (Å²) in [5.74, 6) is 0.248. The molecule has 162 valence electrons. The van der Waals surface area contributed by atoms with Crippen molar-refractivity contribution in [1.82, 2.24) is 4.90 Å². The molecule has 1 aromatic carbocycles. The Labute approximate surface area is 175 Å². The van der Waals surface area contributed by atoms with Gasteiger partial charge in [0, 0.05) is 24.8 Å². The molecule has 0 spiro atoms. The second-order valence-corrected chi connectivity index (χ2v) is 7.32. The van der Waals surface area contributed by atoms with Crippen LogP contribution >= 0.6 is 0 Å². The summed E-state index contributed by atoms with van der Waals surface area (Å²) in [6.45, 7) is 8.88. The van der Waals surface area contributed by atoms with Crippen molar-refractivity contribution in [1.29, 1.82) is 0 Å². The van der Waals surface area contributed by atoms with Gasteiger partial charge in [0.25, 0.3) is 5.91 Å². The maximum Gasteiger partial charge on any atom is 0.260 e. The third kappa shape index (κ3) is 5.60. The van der Waals surface area contributed by atoms with Gasteiger partial charge in [-0.1, -0.05) is 0 Å². The predicted octanol–water partition coefficient (Wildman–Crippen LogP) is 0.931. The van der Waals surface area contributed by atoms with Crippen molar-refractivity contribution < 1.29 is 23.2 Å². The Kier molecular flexibility index (Phi) is 7.46. The molecule has 0 aliphatic carbocycles. The van der Waals surface area contributed by atoms with Crippen LogP contribution in [0.2, 0.25) is 0 Å². The molecule has 1 amide bonds. The van der Waals surface area contributed by atoms with E-state index in [-0.39, 0.29) is 29.5 Å². The van der Waals surface area contributed by atoms with Gasteiger partial charge in [-0.25, -0.2) is 4.39 Å². The average Bonchev–Trinajstić information content (AvgIpc) is 2.75. The van der Waals surface area contributed by atoms with Gasteiger partial charge < -0.3 is 23.9 Å². The fraction of sp³-hybridized carbons (Fsp3) is 0.455. The van der Waals surface area contributed by atoms with E-state index in [0.717, 1.165) is 31.9 Å². The highest BCUT2D eigenvalue weighted by atomic mass is 19.1. The highest BCUT2D eigenvalue weighted by Crippen LogP contribution is 2.14. The summed E-state index contributed by atoms with van der Waals surface area (Å²) in [5.41, 5.74) is 0.732. The van der Waals surface area contributed by atoms with Crippen LogP contribution in [0.15, 0.2) is 45.8 Å². The molecule has 2 heterocycles. The van der Waals surface area contributed by atoms with Gasteiger partial charge in [0.05, 0.1) is 26.2 Å². The minimum Gasteiger partial charge on any atom is -0.477 e. The van der Waals surface area contributed by atoms with Crippen LogP contribution in [-0.2, 0) is 11.3 Å². The topological polar surface area (TPSA) is 67.4 Å². The monoisotopic (exact) mass is 418 g/mol. The van der Waals surface area contributed by atoms with Crippen LogP contribution in [0.4, 0.5) is 10.1 Å². The van der Waals surface area contributed by atoms with E-state index in [4.69, 9.17) is 9.15 Å². The number of benzene rings is 1. The molecular formula is C22H29FN3O4+. The lowest BCUT2D eigenvalue weighted by Gasteiger charge is -2.33. The molecule has 0 unspecified atom stereocenters. The number of carbonyl (C=O) groups is 1. The van der Waals surface area contributed by atoms with Gasteiger partial charge in [0.1, 0.15) is 18.6 Å². The number of piperazine rings is 1. The summed E-state index contributed by atoms with van der Waals surface area (Å²) >= 11 is 0. The molecule has 1 fully saturated rings. The van der Waals surface area contributed by atoms with Crippen LogP contribution in [0.1, 0.15) is 19.6 Å². The highest BCUT2D eigenvalue weighted by molar-refractivity contribution is 5.77. The second-order valence-electron chi connectivity index (χ2n) is 7.32. The first-order valence-electron chi connectivity index (χ1n) is 10.4. The van der Waals surface area contributed by atoms with Crippen molar-refractivity contribution in [2.75, 3.05) is 50.8 Å². The molecule has 2 aromatic rings. The van der Waals surface area contributed by atoms with E-state index in [1.165, 1.54) is 29.4 Å². The molecule has 0 radical (unpaired) electrons. The zero-order valence-corrected chi connectivity index (χ0v) is 17.5. The van der Waals surface area contributed by atoms with Crippen molar-refractivity contribution in [3.63, 3.8) is 0 Å². The van der Waals surface area contributed by atoms with Gasteiger partial charge in [-0.15, -0.1) is 0 Å². The number of halogens is 1. The van der Waals surface area contributed by atoms with E-state index >= 15 is 0 Å². The normalized spacial score (nSPS) is 14.6. The van der Waals surface area contributed by atoms with E-state index in [2.05, 4.69) is 4.90 Å². The van der Waals surface area contributed by atoms with Gasteiger partial charge in [-0.05, 0) is 38.1 Å². The van der Waals surface area contributed by atoms with Gasteiger partial charge >= 0.3 is 0 Å². The van der Waals surface area contributed by atoms with Crippen molar-refractivity contribution in [3.05, 3.63) is 58.4 Å². The molecule has 1 aliphatic heterocycles. The van der Waals surface area contributed by atoms with Crippen LogP contribution < -0.4 is 20.0 Å². The van der Waals surface area contributed by atoms with Crippen LogP contribution in [0.25, 0.3) is 0 Å². The number of rotatable bonds is 8. The molecule has 1 aromatic heterocycles.